The molecule has 0 bridgehead atoms. The summed E-state index contributed by atoms with van der Waals surface area (Å²) in [5, 5.41) is 12.1. The Labute approximate surface area is 104 Å². The van der Waals surface area contributed by atoms with Crippen LogP contribution < -0.4 is 11.1 Å². The van der Waals surface area contributed by atoms with Crippen molar-refractivity contribution in [1.29, 1.82) is 0 Å². The van der Waals surface area contributed by atoms with E-state index in [0.29, 0.717) is 25.4 Å². The molecule has 17 heavy (non-hydrogen) atoms. The fourth-order valence-corrected chi connectivity index (χ4v) is 2.42. The Morgan fingerprint density at radius 3 is 2.59 bits per heavy atom. The van der Waals surface area contributed by atoms with Gasteiger partial charge in [0.2, 0.25) is 5.91 Å². The van der Waals surface area contributed by atoms with E-state index in [1.807, 2.05) is 0 Å². The molecule has 0 aliphatic heterocycles. The molecule has 0 radical (unpaired) electrons. The molecule has 0 heterocycles. The van der Waals surface area contributed by atoms with Crippen LogP contribution in [0, 0.1) is 11.3 Å². The highest BCUT2D eigenvalue weighted by molar-refractivity contribution is 5.83. The summed E-state index contributed by atoms with van der Waals surface area (Å²) in [7, 11) is 0. The monoisotopic (exact) mass is 242 g/mol. The molecule has 0 aromatic heterocycles. The van der Waals surface area contributed by atoms with Crippen LogP contribution >= 0.6 is 0 Å². The summed E-state index contributed by atoms with van der Waals surface area (Å²) in [6, 6.07) is 0. The van der Waals surface area contributed by atoms with Gasteiger partial charge in [0.15, 0.2) is 0 Å². The van der Waals surface area contributed by atoms with Crippen molar-refractivity contribution >= 4 is 5.91 Å². The predicted octanol–water partition coefficient (Wildman–Crippen LogP) is 1.03. The Kier molecular flexibility index (Phi) is 5.40. The van der Waals surface area contributed by atoms with Gasteiger partial charge in [-0.15, -0.1) is 0 Å². The molecule has 100 valence electrons. The molecule has 1 unspecified atom stereocenters. The highest BCUT2D eigenvalue weighted by Crippen LogP contribution is 2.38. The molecule has 1 atom stereocenters. The van der Waals surface area contributed by atoms with Gasteiger partial charge in [-0.25, -0.2) is 0 Å². The molecule has 4 N–H and O–H groups in total. The summed E-state index contributed by atoms with van der Waals surface area (Å²) < 4.78 is 0. The van der Waals surface area contributed by atoms with Gasteiger partial charge in [-0.1, -0.05) is 6.92 Å². The maximum absolute atomic E-state index is 12.2. The molecule has 1 saturated carbocycles. The Balaban J connectivity index is 2.46. The number of rotatable bonds is 5. The van der Waals surface area contributed by atoms with E-state index in [1.54, 1.807) is 6.92 Å². The van der Waals surface area contributed by atoms with Gasteiger partial charge in [0.1, 0.15) is 0 Å². The molecule has 0 aromatic carbocycles. The summed E-state index contributed by atoms with van der Waals surface area (Å²) in [6.45, 7) is 4.92. The smallest absolute Gasteiger partial charge is 0.227 e. The number of nitrogens with one attached hydrogen (secondary N) is 1. The average molecular weight is 242 g/mol. The molecule has 0 spiro atoms. The number of carbonyl (C=O) groups excluding carboxylic acids is 1. The summed E-state index contributed by atoms with van der Waals surface area (Å²) in [4.78, 5) is 12.2. The fourth-order valence-electron chi connectivity index (χ4n) is 2.42. The zero-order chi connectivity index (χ0) is 12.9. The molecule has 1 amide bonds. The van der Waals surface area contributed by atoms with Crippen molar-refractivity contribution in [2.75, 3.05) is 13.1 Å². The lowest BCUT2D eigenvalue weighted by atomic mass is 9.70. The van der Waals surface area contributed by atoms with Crippen molar-refractivity contribution in [2.45, 2.75) is 52.1 Å². The number of nitrogens with two attached hydrogens (primary N) is 1. The number of hydrogen-bond acceptors (Lipinski definition) is 3. The zero-order valence-corrected chi connectivity index (χ0v) is 11.0. The van der Waals surface area contributed by atoms with Crippen LogP contribution in [0.15, 0.2) is 0 Å². The number of aliphatic hydroxyl groups excluding tert-OH is 1. The lowest BCUT2D eigenvalue weighted by Crippen LogP contribution is -2.48. The molecular formula is C13H26N2O2. The van der Waals surface area contributed by atoms with Crippen LogP contribution in [0.1, 0.15) is 46.0 Å². The molecule has 4 heteroatoms. The third-order valence-corrected chi connectivity index (χ3v) is 3.95. The molecule has 1 aliphatic rings. The number of carbonyl (C=O) groups is 1. The topological polar surface area (TPSA) is 75.3 Å². The summed E-state index contributed by atoms with van der Waals surface area (Å²) in [6.07, 6.45) is 4.19. The van der Waals surface area contributed by atoms with Gasteiger partial charge in [-0.05, 0) is 44.9 Å². The zero-order valence-electron chi connectivity index (χ0n) is 11.0. The normalized spacial score (nSPS) is 30.9. The van der Waals surface area contributed by atoms with Crippen LogP contribution in [0.3, 0.4) is 0 Å². The minimum Gasteiger partial charge on any atom is -0.393 e. The molecule has 0 aromatic rings. The van der Waals surface area contributed by atoms with E-state index in [2.05, 4.69) is 12.2 Å². The highest BCUT2D eigenvalue weighted by atomic mass is 16.3. The second-order valence-electron chi connectivity index (χ2n) is 5.56. The predicted molar refractivity (Wildman–Crippen MR) is 68.4 cm³/mol. The van der Waals surface area contributed by atoms with E-state index in [4.69, 9.17) is 10.8 Å². The van der Waals surface area contributed by atoms with Crippen LogP contribution in [0.25, 0.3) is 0 Å². The SMILES string of the molecule is CC(O)CCNC(=O)C1(CN)CCC(C)CC1. The maximum Gasteiger partial charge on any atom is 0.227 e. The minimum atomic E-state index is -0.365. The molecule has 1 rings (SSSR count). The van der Waals surface area contributed by atoms with Gasteiger partial charge >= 0.3 is 0 Å². The molecular weight excluding hydrogens is 216 g/mol. The van der Waals surface area contributed by atoms with E-state index in [-0.39, 0.29) is 17.4 Å². The minimum absolute atomic E-state index is 0.0764. The molecule has 4 nitrogen and oxygen atoms in total. The van der Waals surface area contributed by atoms with Gasteiger partial charge in [-0.3, -0.25) is 4.79 Å². The van der Waals surface area contributed by atoms with Crippen LogP contribution in [-0.4, -0.2) is 30.2 Å². The largest absolute Gasteiger partial charge is 0.393 e. The highest BCUT2D eigenvalue weighted by Gasteiger charge is 2.39. The number of hydrogen-bond donors (Lipinski definition) is 3. The lowest BCUT2D eigenvalue weighted by molar-refractivity contribution is -0.132. The third-order valence-electron chi connectivity index (χ3n) is 3.95. The van der Waals surface area contributed by atoms with E-state index in [0.717, 1.165) is 25.7 Å². The van der Waals surface area contributed by atoms with E-state index in [9.17, 15) is 4.79 Å². The molecule has 1 aliphatic carbocycles. The summed E-state index contributed by atoms with van der Waals surface area (Å²) in [5.41, 5.74) is 5.45. The standard InChI is InChI=1S/C13H26N2O2/c1-10-3-6-13(9-14,7-4-10)12(17)15-8-5-11(2)16/h10-11,16H,3-9,14H2,1-2H3,(H,15,17). The van der Waals surface area contributed by atoms with Crippen LogP contribution in [0.4, 0.5) is 0 Å². The van der Waals surface area contributed by atoms with E-state index < -0.39 is 0 Å². The summed E-state index contributed by atoms with van der Waals surface area (Å²) in [5.74, 6) is 0.785. The number of amides is 1. The first-order valence-corrected chi connectivity index (χ1v) is 6.66. The van der Waals surface area contributed by atoms with Gasteiger partial charge in [0, 0.05) is 13.1 Å². The van der Waals surface area contributed by atoms with Crippen LogP contribution in [-0.2, 0) is 4.79 Å². The quantitative estimate of drug-likeness (QED) is 0.674. The second kappa shape index (κ2) is 6.36. The third kappa shape index (κ3) is 3.96. The first-order valence-electron chi connectivity index (χ1n) is 6.66. The van der Waals surface area contributed by atoms with Gasteiger partial charge in [-0.2, -0.15) is 0 Å². The van der Waals surface area contributed by atoms with Crippen molar-refractivity contribution in [3.05, 3.63) is 0 Å². The molecule has 1 fully saturated rings. The average Bonchev–Trinajstić information content (AvgIpc) is 2.30. The van der Waals surface area contributed by atoms with E-state index >= 15 is 0 Å². The van der Waals surface area contributed by atoms with Gasteiger partial charge < -0.3 is 16.2 Å². The second-order valence-corrected chi connectivity index (χ2v) is 5.56. The Hall–Kier alpha value is -0.610. The van der Waals surface area contributed by atoms with Crippen molar-refractivity contribution in [2.24, 2.45) is 17.1 Å². The van der Waals surface area contributed by atoms with Crippen molar-refractivity contribution < 1.29 is 9.90 Å². The van der Waals surface area contributed by atoms with Gasteiger partial charge in [0.05, 0.1) is 11.5 Å². The maximum atomic E-state index is 12.2. The first kappa shape index (κ1) is 14.5. The summed E-state index contributed by atoms with van der Waals surface area (Å²) >= 11 is 0. The Morgan fingerprint density at radius 1 is 1.53 bits per heavy atom. The van der Waals surface area contributed by atoms with Gasteiger partial charge in [0.25, 0.3) is 0 Å². The van der Waals surface area contributed by atoms with Crippen LogP contribution in [0.2, 0.25) is 0 Å². The van der Waals surface area contributed by atoms with E-state index in [1.165, 1.54) is 0 Å². The van der Waals surface area contributed by atoms with Crippen molar-refractivity contribution in [3.63, 3.8) is 0 Å². The number of aliphatic hydroxyl groups is 1. The van der Waals surface area contributed by atoms with Crippen molar-refractivity contribution in [3.8, 4) is 0 Å². The lowest BCUT2D eigenvalue weighted by Gasteiger charge is -2.37. The first-order chi connectivity index (χ1) is 8.00. The van der Waals surface area contributed by atoms with Crippen LogP contribution in [0.5, 0.6) is 0 Å². The Morgan fingerprint density at radius 2 is 2.12 bits per heavy atom. The van der Waals surface area contributed by atoms with Crippen molar-refractivity contribution in [1.82, 2.24) is 5.32 Å². The Bertz CT molecular complexity index is 246. The fraction of sp³-hybridized carbons (Fsp3) is 0.923. The molecule has 0 saturated heterocycles.